The highest BCUT2D eigenvalue weighted by Crippen LogP contribution is 2.22. The summed E-state index contributed by atoms with van der Waals surface area (Å²) in [5.74, 6) is -0.496. The van der Waals surface area contributed by atoms with E-state index in [2.05, 4.69) is 47.1 Å². The molecular weight excluding hydrogens is 484 g/mol. The van der Waals surface area contributed by atoms with Crippen LogP contribution in [0.5, 0.6) is 0 Å². The van der Waals surface area contributed by atoms with Gasteiger partial charge >= 0.3 is 0 Å². The summed E-state index contributed by atoms with van der Waals surface area (Å²) in [7, 11) is 0. The topological polar surface area (TPSA) is 109 Å². The number of aryl methyl sites for hydroxylation is 1. The first-order valence-corrected chi connectivity index (χ1v) is 10.8. The van der Waals surface area contributed by atoms with Gasteiger partial charge in [0.2, 0.25) is 5.95 Å². The Morgan fingerprint density at radius 2 is 1.73 bits per heavy atom. The Kier molecular flexibility index (Phi) is 6.70. The number of carbonyl (C=O) groups is 2. The van der Waals surface area contributed by atoms with Crippen LogP contribution < -0.4 is 16.2 Å². The smallest absolute Gasteiger partial charge is 0.270 e. The van der Waals surface area contributed by atoms with Crippen molar-refractivity contribution in [3.05, 3.63) is 100 Å². The zero-order chi connectivity index (χ0) is 23.2. The molecule has 3 N–H and O–H groups in total. The third-order valence-electron chi connectivity index (χ3n) is 4.77. The van der Waals surface area contributed by atoms with Gasteiger partial charge in [-0.2, -0.15) is 0 Å². The van der Waals surface area contributed by atoms with E-state index in [0.29, 0.717) is 27.2 Å². The molecule has 0 bridgehead atoms. The normalized spacial score (nSPS) is 10.4. The second kappa shape index (κ2) is 10.0. The minimum Gasteiger partial charge on any atom is -0.324 e. The minimum absolute atomic E-state index is 0.360. The average Bonchev–Trinajstić information content (AvgIpc) is 2.84. The van der Waals surface area contributed by atoms with Gasteiger partial charge in [-0.1, -0.05) is 18.2 Å². The molecule has 0 spiro atoms. The van der Waals surface area contributed by atoms with Gasteiger partial charge in [-0.05, 0) is 70.9 Å². The molecule has 0 aliphatic carbocycles. The second-order valence-electron chi connectivity index (χ2n) is 7.05. The van der Waals surface area contributed by atoms with Crippen LogP contribution in [-0.2, 0) is 0 Å². The summed E-state index contributed by atoms with van der Waals surface area (Å²) in [6.07, 6.45) is 5.08. The van der Waals surface area contributed by atoms with Crippen molar-refractivity contribution in [2.75, 3.05) is 5.32 Å². The monoisotopic (exact) mass is 502 g/mol. The third kappa shape index (κ3) is 5.39. The average molecular weight is 503 g/mol. The summed E-state index contributed by atoms with van der Waals surface area (Å²) in [5.41, 5.74) is 8.80. The number of hydrogen-bond donors (Lipinski definition) is 3. The molecule has 2 heterocycles. The summed E-state index contributed by atoms with van der Waals surface area (Å²) >= 11 is 3.32. The Labute approximate surface area is 198 Å². The molecular formula is C24H19BrN6O2. The largest absolute Gasteiger partial charge is 0.324 e. The molecule has 0 saturated carbocycles. The summed E-state index contributed by atoms with van der Waals surface area (Å²) in [6, 6.07) is 17.7. The number of rotatable bonds is 5. The van der Waals surface area contributed by atoms with Crippen molar-refractivity contribution in [1.82, 2.24) is 25.8 Å². The molecule has 4 aromatic rings. The summed E-state index contributed by atoms with van der Waals surface area (Å²) in [6.45, 7) is 1.91. The van der Waals surface area contributed by atoms with Gasteiger partial charge in [-0.15, -0.1) is 0 Å². The van der Waals surface area contributed by atoms with Gasteiger partial charge in [-0.3, -0.25) is 25.4 Å². The Morgan fingerprint density at radius 1 is 0.909 bits per heavy atom. The molecule has 2 amide bonds. The predicted octanol–water partition coefficient (Wildman–Crippen LogP) is 4.43. The summed E-state index contributed by atoms with van der Waals surface area (Å²) < 4.78 is 0.632. The van der Waals surface area contributed by atoms with Crippen LogP contribution >= 0.6 is 15.9 Å². The number of amides is 2. The van der Waals surface area contributed by atoms with Crippen molar-refractivity contribution in [3.63, 3.8) is 0 Å². The molecule has 0 aliphatic rings. The van der Waals surface area contributed by atoms with Crippen molar-refractivity contribution < 1.29 is 9.59 Å². The van der Waals surface area contributed by atoms with Gasteiger partial charge in [-0.25, -0.2) is 9.97 Å². The minimum atomic E-state index is -0.455. The molecule has 0 unspecified atom stereocenters. The lowest BCUT2D eigenvalue weighted by molar-refractivity contribution is 0.0846. The van der Waals surface area contributed by atoms with E-state index in [4.69, 9.17) is 0 Å². The van der Waals surface area contributed by atoms with Crippen LogP contribution in [0.25, 0.3) is 11.3 Å². The van der Waals surface area contributed by atoms with E-state index in [-0.39, 0.29) is 0 Å². The first-order chi connectivity index (χ1) is 16.0. The lowest BCUT2D eigenvalue weighted by atomic mass is 10.1. The zero-order valence-corrected chi connectivity index (χ0v) is 19.1. The molecule has 0 fully saturated rings. The number of aromatic nitrogens is 3. The zero-order valence-electron chi connectivity index (χ0n) is 17.5. The van der Waals surface area contributed by atoms with E-state index in [1.165, 1.54) is 0 Å². The first-order valence-electron chi connectivity index (χ1n) is 9.97. The maximum absolute atomic E-state index is 12.6. The molecule has 2 aromatic heterocycles. The van der Waals surface area contributed by atoms with E-state index in [9.17, 15) is 9.59 Å². The molecule has 0 radical (unpaired) electrons. The highest BCUT2D eigenvalue weighted by molar-refractivity contribution is 9.10. The van der Waals surface area contributed by atoms with Crippen molar-refractivity contribution in [2.24, 2.45) is 0 Å². The van der Waals surface area contributed by atoms with Crippen molar-refractivity contribution >= 4 is 39.4 Å². The number of nitrogens with one attached hydrogen (secondary N) is 3. The van der Waals surface area contributed by atoms with Crippen LogP contribution in [0.1, 0.15) is 26.3 Å². The number of hydrogen-bond acceptors (Lipinski definition) is 6. The maximum atomic E-state index is 12.6. The van der Waals surface area contributed by atoms with Crippen LogP contribution in [0, 0.1) is 6.92 Å². The Morgan fingerprint density at radius 3 is 2.52 bits per heavy atom. The van der Waals surface area contributed by atoms with E-state index >= 15 is 0 Å². The van der Waals surface area contributed by atoms with Gasteiger partial charge < -0.3 is 5.32 Å². The Hall–Kier alpha value is -4.11. The number of nitrogens with zero attached hydrogens (tertiary/aromatic N) is 3. The highest BCUT2D eigenvalue weighted by Gasteiger charge is 2.13. The molecule has 8 nitrogen and oxygen atoms in total. The number of carbonyl (C=O) groups excluding carboxylic acids is 2. The number of anilines is 2. The van der Waals surface area contributed by atoms with Gasteiger partial charge in [0.25, 0.3) is 11.8 Å². The quantitative estimate of drug-likeness (QED) is 0.348. The molecule has 0 saturated heterocycles. The van der Waals surface area contributed by atoms with Gasteiger partial charge in [0.1, 0.15) is 0 Å². The second-order valence-corrected chi connectivity index (χ2v) is 7.90. The van der Waals surface area contributed by atoms with Crippen LogP contribution in [0.15, 0.2) is 83.7 Å². The fourth-order valence-corrected chi connectivity index (χ4v) is 3.48. The van der Waals surface area contributed by atoms with Crippen molar-refractivity contribution in [1.29, 1.82) is 0 Å². The van der Waals surface area contributed by atoms with Gasteiger partial charge in [0, 0.05) is 39.9 Å². The highest BCUT2D eigenvalue weighted by atomic mass is 79.9. The van der Waals surface area contributed by atoms with Crippen LogP contribution in [0.3, 0.4) is 0 Å². The Bertz CT molecular complexity index is 1310. The maximum Gasteiger partial charge on any atom is 0.270 e. The van der Waals surface area contributed by atoms with E-state index < -0.39 is 11.8 Å². The molecule has 164 valence electrons. The van der Waals surface area contributed by atoms with Crippen LogP contribution in [-0.4, -0.2) is 26.8 Å². The molecule has 9 heteroatoms. The van der Waals surface area contributed by atoms with Crippen molar-refractivity contribution in [3.8, 4) is 11.3 Å². The number of benzene rings is 2. The van der Waals surface area contributed by atoms with Crippen LogP contribution in [0.2, 0.25) is 0 Å². The van der Waals surface area contributed by atoms with Crippen LogP contribution in [0.4, 0.5) is 11.6 Å². The lowest BCUT2D eigenvalue weighted by Crippen LogP contribution is -2.41. The molecule has 33 heavy (non-hydrogen) atoms. The third-order valence-corrected chi connectivity index (χ3v) is 5.46. The predicted molar refractivity (Wildman–Crippen MR) is 129 cm³/mol. The fourth-order valence-electron chi connectivity index (χ4n) is 3.01. The van der Waals surface area contributed by atoms with Crippen molar-refractivity contribution in [2.45, 2.75) is 6.92 Å². The van der Waals surface area contributed by atoms with E-state index in [0.717, 1.165) is 16.8 Å². The summed E-state index contributed by atoms with van der Waals surface area (Å²) in [4.78, 5) is 37.9. The number of hydrazine groups is 1. The molecule has 0 aliphatic heterocycles. The Balaban J connectivity index is 1.47. The number of pyridine rings is 1. The van der Waals surface area contributed by atoms with Gasteiger partial charge in [0.15, 0.2) is 0 Å². The summed E-state index contributed by atoms with van der Waals surface area (Å²) in [5, 5.41) is 3.16. The lowest BCUT2D eigenvalue weighted by Gasteiger charge is -2.12. The molecule has 4 rings (SSSR count). The fraction of sp³-hybridized carbons (Fsp3) is 0.0417. The SMILES string of the molecule is Cc1ccc(C(=O)NNC(=O)c2ccccc2Br)cc1Nc1nccc(-c2cccnc2)n1. The first kappa shape index (κ1) is 22.1. The standard InChI is InChI=1S/C24H19BrN6O2/c1-15-8-9-16(22(32)30-31-23(33)18-6-2-3-7-19(18)25)13-21(15)29-24-27-12-10-20(28-24)17-5-4-11-26-14-17/h2-14H,1H3,(H,30,32)(H,31,33)(H,27,28,29). The van der Waals surface area contributed by atoms with Gasteiger partial charge in [0.05, 0.1) is 11.3 Å². The molecule has 0 atom stereocenters. The van der Waals surface area contributed by atoms with E-state index in [1.807, 2.05) is 19.1 Å². The molecule has 2 aromatic carbocycles. The van der Waals surface area contributed by atoms with E-state index in [1.54, 1.807) is 67.1 Å². The number of halogens is 1.